The fourth-order valence-electron chi connectivity index (χ4n) is 2.31. The average molecular weight is 306 g/mol. The molecular formula is C18H30N2O2. The number of nitrogens with zero attached hydrogens (tertiary/aromatic N) is 1. The molecule has 2 amide bonds. The van der Waals surface area contributed by atoms with Crippen molar-refractivity contribution in [3.05, 3.63) is 36.0 Å². The van der Waals surface area contributed by atoms with E-state index in [1.165, 1.54) is 0 Å². The molecule has 0 saturated heterocycles. The van der Waals surface area contributed by atoms with Gasteiger partial charge in [-0.05, 0) is 25.3 Å². The smallest absolute Gasteiger partial charge is 0.254 e. The summed E-state index contributed by atoms with van der Waals surface area (Å²) >= 11 is 0. The van der Waals surface area contributed by atoms with Gasteiger partial charge < -0.3 is 10.6 Å². The third-order valence-electron chi connectivity index (χ3n) is 3.60. The molecule has 1 aliphatic rings. The van der Waals surface area contributed by atoms with Crippen molar-refractivity contribution in [2.24, 2.45) is 11.7 Å². The first-order chi connectivity index (χ1) is 10.5. The molecule has 0 aliphatic carbocycles. The van der Waals surface area contributed by atoms with Crippen LogP contribution in [0.1, 0.15) is 47.0 Å². The summed E-state index contributed by atoms with van der Waals surface area (Å²) in [4.78, 5) is 24.9. The van der Waals surface area contributed by atoms with Gasteiger partial charge in [0, 0.05) is 24.6 Å². The van der Waals surface area contributed by atoms with E-state index in [1.54, 1.807) is 6.08 Å². The Morgan fingerprint density at radius 1 is 1.41 bits per heavy atom. The highest BCUT2D eigenvalue weighted by molar-refractivity contribution is 6.00. The van der Waals surface area contributed by atoms with Crippen molar-refractivity contribution in [1.29, 1.82) is 0 Å². The standard InChI is InChI=1S/C16H24N2O2.C2H6/c1-4-8-13-11-18(16(20)14(13)5-2)10-7-6-9-12(3)15(17)19;1-2/h4-5,8,12H,2,6-7,9-11H2,1,3H3,(H2,17,19);1-2H3/b8-4-;. The highest BCUT2D eigenvalue weighted by Crippen LogP contribution is 2.21. The molecule has 2 N–H and O–H groups in total. The van der Waals surface area contributed by atoms with Gasteiger partial charge in [0.1, 0.15) is 0 Å². The molecule has 4 nitrogen and oxygen atoms in total. The molecule has 0 saturated carbocycles. The molecule has 0 aromatic heterocycles. The molecule has 1 atom stereocenters. The van der Waals surface area contributed by atoms with E-state index in [4.69, 9.17) is 5.73 Å². The number of allylic oxidation sites excluding steroid dienone is 1. The van der Waals surface area contributed by atoms with Crippen LogP contribution in [-0.4, -0.2) is 29.8 Å². The zero-order valence-corrected chi connectivity index (χ0v) is 14.4. The first-order valence-corrected chi connectivity index (χ1v) is 8.08. The van der Waals surface area contributed by atoms with Gasteiger partial charge in [0.05, 0.1) is 0 Å². The van der Waals surface area contributed by atoms with E-state index >= 15 is 0 Å². The number of hydrogen-bond acceptors (Lipinski definition) is 2. The van der Waals surface area contributed by atoms with Gasteiger partial charge in [-0.1, -0.05) is 52.0 Å². The van der Waals surface area contributed by atoms with Crippen LogP contribution in [-0.2, 0) is 9.59 Å². The maximum atomic E-state index is 12.1. The Hall–Kier alpha value is -1.84. The molecular weight excluding hydrogens is 276 g/mol. The first kappa shape index (κ1) is 20.2. The van der Waals surface area contributed by atoms with Crippen molar-refractivity contribution in [3.8, 4) is 0 Å². The summed E-state index contributed by atoms with van der Waals surface area (Å²) in [6.07, 6.45) is 8.09. The van der Waals surface area contributed by atoms with Gasteiger partial charge >= 0.3 is 0 Å². The quantitative estimate of drug-likeness (QED) is 0.700. The average Bonchev–Trinajstić information content (AvgIpc) is 2.81. The van der Waals surface area contributed by atoms with Gasteiger partial charge in [-0.25, -0.2) is 0 Å². The molecule has 1 unspecified atom stereocenters. The lowest BCUT2D eigenvalue weighted by Crippen LogP contribution is -2.28. The fourth-order valence-corrected chi connectivity index (χ4v) is 2.31. The Morgan fingerprint density at radius 3 is 2.55 bits per heavy atom. The Balaban J connectivity index is 0.00000211. The molecule has 1 aliphatic heterocycles. The zero-order chi connectivity index (χ0) is 17.1. The van der Waals surface area contributed by atoms with Crippen LogP contribution in [0.5, 0.6) is 0 Å². The van der Waals surface area contributed by atoms with Gasteiger partial charge in [-0.15, -0.1) is 0 Å². The van der Waals surface area contributed by atoms with Crippen LogP contribution in [0.3, 0.4) is 0 Å². The summed E-state index contributed by atoms with van der Waals surface area (Å²) in [7, 11) is 0. The van der Waals surface area contributed by atoms with Crippen LogP contribution in [0.4, 0.5) is 0 Å². The van der Waals surface area contributed by atoms with Crippen LogP contribution < -0.4 is 5.73 Å². The molecule has 124 valence electrons. The molecule has 0 spiro atoms. The van der Waals surface area contributed by atoms with Gasteiger partial charge in [-0.3, -0.25) is 9.59 Å². The molecule has 0 fully saturated rings. The van der Waals surface area contributed by atoms with Crippen molar-refractivity contribution in [2.45, 2.75) is 47.0 Å². The molecule has 0 radical (unpaired) electrons. The normalized spacial score (nSPS) is 15.8. The van der Waals surface area contributed by atoms with Gasteiger partial charge in [0.25, 0.3) is 5.91 Å². The van der Waals surface area contributed by atoms with Crippen molar-refractivity contribution >= 4 is 11.8 Å². The van der Waals surface area contributed by atoms with Crippen molar-refractivity contribution in [3.63, 3.8) is 0 Å². The summed E-state index contributed by atoms with van der Waals surface area (Å²) in [5, 5.41) is 0. The lowest BCUT2D eigenvalue weighted by molar-refractivity contribution is -0.125. The summed E-state index contributed by atoms with van der Waals surface area (Å²) in [5.41, 5.74) is 6.95. The Labute approximate surface area is 134 Å². The highest BCUT2D eigenvalue weighted by atomic mass is 16.2. The van der Waals surface area contributed by atoms with Crippen molar-refractivity contribution in [2.75, 3.05) is 13.1 Å². The van der Waals surface area contributed by atoms with E-state index < -0.39 is 0 Å². The van der Waals surface area contributed by atoms with Gasteiger partial charge in [-0.2, -0.15) is 0 Å². The SMILES string of the molecule is C=CC1=C(/C=C\C)CN(CCCCC(C)C(N)=O)C1=O.CC. The number of amides is 2. The second-order valence-corrected chi connectivity index (χ2v) is 5.17. The number of carbonyl (C=O) groups is 2. The summed E-state index contributed by atoms with van der Waals surface area (Å²) in [6.45, 7) is 12.8. The molecule has 22 heavy (non-hydrogen) atoms. The predicted octanol–water partition coefficient (Wildman–Crippen LogP) is 3.21. The lowest BCUT2D eigenvalue weighted by Gasteiger charge is -2.16. The minimum Gasteiger partial charge on any atom is -0.369 e. The minimum atomic E-state index is -0.256. The zero-order valence-electron chi connectivity index (χ0n) is 14.4. The second kappa shape index (κ2) is 10.8. The third kappa shape index (κ3) is 5.88. The van der Waals surface area contributed by atoms with E-state index in [-0.39, 0.29) is 17.7 Å². The lowest BCUT2D eigenvalue weighted by atomic mass is 10.0. The number of unbranched alkanes of at least 4 members (excludes halogenated alkanes) is 1. The molecule has 1 heterocycles. The Morgan fingerprint density at radius 2 is 2.05 bits per heavy atom. The number of carbonyl (C=O) groups excluding carboxylic acids is 2. The first-order valence-electron chi connectivity index (χ1n) is 8.08. The summed E-state index contributed by atoms with van der Waals surface area (Å²) in [5.74, 6) is -0.297. The molecule has 1 rings (SSSR count). The van der Waals surface area contributed by atoms with E-state index in [1.807, 2.05) is 44.7 Å². The maximum Gasteiger partial charge on any atom is 0.254 e. The number of primary amides is 1. The molecule has 0 aromatic rings. The number of nitrogens with two attached hydrogens (primary N) is 1. The van der Waals surface area contributed by atoms with Crippen LogP contribution >= 0.6 is 0 Å². The number of rotatable bonds is 8. The summed E-state index contributed by atoms with van der Waals surface area (Å²) < 4.78 is 0. The van der Waals surface area contributed by atoms with Crippen molar-refractivity contribution < 1.29 is 9.59 Å². The van der Waals surface area contributed by atoms with Crippen LogP contribution in [0.25, 0.3) is 0 Å². The summed E-state index contributed by atoms with van der Waals surface area (Å²) in [6, 6.07) is 0. The van der Waals surface area contributed by atoms with Crippen LogP contribution in [0.15, 0.2) is 36.0 Å². The minimum absolute atomic E-state index is 0.0519. The molecule has 0 bridgehead atoms. The molecule has 0 aromatic carbocycles. The van der Waals surface area contributed by atoms with E-state index in [0.29, 0.717) is 18.7 Å². The highest BCUT2D eigenvalue weighted by Gasteiger charge is 2.26. The van der Waals surface area contributed by atoms with E-state index in [0.717, 1.165) is 24.8 Å². The number of hydrogen-bond donors (Lipinski definition) is 1. The van der Waals surface area contributed by atoms with Gasteiger partial charge in [0.15, 0.2) is 0 Å². The van der Waals surface area contributed by atoms with Crippen LogP contribution in [0.2, 0.25) is 0 Å². The maximum absolute atomic E-state index is 12.1. The second-order valence-electron chi connectivity index (χ2n) is 5.17. The largest absolute Gasteiger partial charge is 0.369 e. The third-order valence-corrected chi connectivity index (χ3v) is 3.60. The van der Waals surface area contributed by atoms with Crippen molar-refractivity contribution in [1.82, 2.24) is 4.90 Å². The van der Waals surface area contributed by atoms with E-state index in [2.05, 4.69) is 6.58 Å². The topological polar surface area (TPSA) is 63.4 Å². The van der Waals surface area contributed by atoms with E-state index in [9.17, 15) is 9.59 Å². The Kier molecular flexibility index (Phi) is 9.92. The molecule has 4 heteroatoms. The van der Waals surface area contributed by atoms with Crippen LogP contribution in [0, 0.1) is 5.92 Å². The Bertz CT molecular complexity index is 450. The fraction of sp³-hybridized carbons (Fsp3) is 0.556. The van der Waals surface area contributed by atoms with Gasteiger partial charge in [0.2, 0.25) is 5.91 Å². The predicted molar refractivity (Wildman–Crippen MR) is 92.2 cm³/mol. The monoisotopic (exact) mass is 306 g/mol.